The summed E-state index contributed by atoms with van der Waals surface area (Å²) in [6.07, 6.45) is 5.28. The van der Waals surface area contributed by atoms with Crippen molar-refractivity contribution in [3.05, 3.63) is 36.0 Å². The Hall–Kier alpha value is -2.99. The van der Waals surface area contributed by atoms with E-state index in [1.807, 2.05) is 30.5 Å². The first kappa shape index (κ1) is 28.0. The van der Waals surface area contributed by atoms with Crippen LogP contribution in [0, 0.1) is 0 Å². The molecule has 0 spiro atoms. The molecule has 0 bridgehead atoms. The Labute approximate surface area is 192 Å². The first-order valence-corrected chi connectivity index (χ1v) is 10.8. The van der Waals surface area contributed by atoms with Crippen LogP contribution in [0.25, 0.3) is 10.9 Å². The van der Waals surface area contributed by atoms with Crippen molar-refractivity contribution in [1.82, 2.24) is 15.6 Å². The molecule has 0 radical (unpaired) electrons. The molecule has 1 aromatic carbocycles. The number of aromatic nitrogens is 1. The number of carboxylic acids is 3. The lowest BCUT2D eigenvalue weighted by Gasteiger charge is -2.09. The molecule has 1 aliphatic rings. The van der Waals surface area contributed by atoms with Crippen LogP contribution in [0.4, 0.5) is 0 Å². The molecule has 33 heavy (non-hydrogen) atoms. The largest absolute Gasteiger partial charge is 0.480 e. The number of carbonyl (C=O) groups is 3. The highest BCUT2D eigenvalue weighted by Crippen LogP contribution is 2.19. The highest BCUT2D eigenvalue weighted by Gasteiger charge is 2.20. The van der Waals surface area contributed by atoms with Gasteiger partial charge in [0.15, 0.2) is 0 Å². The van der Waals surface area contributed by atoms with Crippen LogP contribution in [0.5, 0.6) is 0 Å². The number of likely N-dealkylation sites (N-methyl/N-ethyl adjacent to an activating group) is 1. The van der Waals surface area contributed by atoms with Crippen LogP contribution in [0.3, 0.4) is 0 Å². The molecular formula is C22H35N5O6. The van der Waals surface area contributed by atoms with E-state index in [9.17, 15) is 14.4 Å². The van der Waals surface area contributed by atoms with Crippen LogP contribution in [0.2, 0.25) is 0 Å². The lowest BCUT2D eigenvalue weighted by Crippen LogP contribution is -2.35. The van der Waals surface area contributed by atoms with E-state index in [0.717, 1.165) is 35.9 Å². The van der Waals surface area contributed by atoms with Crippen LogP contribution in [-0.2, 0) is 20.8 Å². The van der Waals surface area contributed by atoms with Gasteiger partial charge in [0.05, 0.1) is 0 Å². The minimum absolute atomic E-state index is 0.269. The first-order chi connectivity index (χ1) is 15.7. The molecule has 184 valence electrons. The molecule has 1 aromatic heterocycles. The van der Waals surface area contributed by atoms with Crippen LogP contribution in [0.1, 0.15) is 31.2 Å². The standard InChI is InChI=1S/C12H14N2O2.C5H12N2O2.C5H9NO2/c1-13-11(12(15)16)6-8-7-14-10-5-3-2-4-9(8)10;6-3-1-2-4(7)5(8)9;7-5(8)4-2-1-3-6-4/h2-5,7,11,13-14H,6H2,1H3,(H,15,16);4H,1-3,6-7H2,(H,8,9);4,6H,1-3H2,(H,7,8)/t11-;2*4-/m000/s1. The Morgan fingerprint density at radius 2 is 1.88 bits per heavy atom. The zero-order valence-corrected chi connectivity index (χ0v) is 18.8. The van der Waals surface area contributed by atoms with Gasteiger partial charge in [0.1, 0.15) is 18.1 Å². The van der Waals surface area contributed by atoms with Crippen LogP contribution in [-0.4, -0.2) is 76.5 Å². The molecule has 1 saturated heterocycles. The van der Waals surface area contributed by atoms with Crippen molar-refractivity contribution in [3.63, 3.8) is 0 Å². The first-order valence-electron chi connectivity index (χ1n) is 10.8. The third-order valence-corrected chi connectivity index (χ3v) is 5.14. The number of fused-ring (bicyclic) bond motifs is 1. The van der Waals surface area contributed by atoms with Gasteiger partial charge in [0.2, 0.25) is 0 Å². The molecule has 3 rings (SSSR count). The molecule has 0 saturated carbocycles. The number of nitrogens with one attached hydrogen (secondary N) is 3. The molecular weight excluding hydrogens is 430 g/mol. The van der Waals surface area contributed by atoms with Gasteiger partial charge < -0.3 is 42.4 Å². The highest BCUT2D eigenvalue weighted by molar-refractivity contribution is 5.84. The number of nitrogens with two attached hydrogens (primary N) is 2. The fourth-order valence-electron chi connectivity index (χ4n) is 3.19. The quantitative estimate of drug-likeness (QED) is 0.255. The molecule has 1 aliphatic heterocycles. The van der Waals surface area contributed by atoms with Gasteiger partial charge in [-0.3, -0.25) is 14.4 Å². The van der Waals surface area contributed by atoms with Gasteiger partial charge in [-0.1, -0.05) is 18.2 Å². The molecule has 11 nitrogen and oxygen atoms in total. The lowest BCUT2D eigenvalue weighted by atomic mass is 10.1. The van der Waals surface area contributed by atoms with E-state index in [0.29, 0.717) is 25.8 Å². The smallest absolute Gasteiger partial charge is 0.321 e. The van der Waals surface area contributed by atoms with Crippen LogP contribution in [0.15, 0.2) is 30.5 Å². The molecule has 0 aliphatic carbocycles. The summed E-state index contributed by atoms with van der Waals surface area (Å²) >= 11 is 0. The Morgan fingerprint density at radius 3 is 2.36 bits per heavy atom. The average molecular weight is 466 g/mol. The average Bonchev–Trinajstić information content (AvgIpc) is 3.47. The maximum atomic E-state index is 10.9. The maximum absolute atomic E-state index is 10.9. The second-order valence-corrected chi connectivity index (χ2v) is 7.61. The number of aromatic amines is 1. The Balaban J connectivity index is 0.000000273. The van der Waals surface area contributed by atoms with E-state index in [1.165, 1.54) is 0 Å². The minimum Gasteiger partial charge on any atom is -0.480 e. The molecule has 1 fully saturated rings. The van der Waals surface area contributed by atoms with Gasteiger partial charge in [0.25, 0.3) is 0 Å². The number of hydrogen-bond acceptors (Lipinski definition) is 7. The van der Waals surface area contributed by atoms with Crippen LogP contribution < -0.4 is 22.1 Å². The predicted molar refractivity (Wildman–Crippen MR) is 125 cm³/mol. The molecule has 10 N–H and O–H groups in total. The predicted octanol–water partition coefficient (Wildman–Crippen LogP) is 0.343. The SMILES string of the molecule is CN[C@@H](Cc1c[nH]c2ccccc12)C(=O)O.NCCC[C@H](N)C(=O)O.O=C(O)[C@@H]1CCCN1. The molecule has 11 heteroatoms. The molecule has 0 amide bonds. The third-order valence-electron chi connectivity index (χ3n) is 5.14. The second-order valence-electron chi connectivity index (χ2n) is 7.61. The van der Waals surface area contributed by atoms with Crippen molar-refractivity contribution < 1.29 is 29.7 Å². The van der Waals surface area contributed by atoms with Gasteiger partial charge in [-0.05, 0) is 57.5 Å². The van der Waals surface area contributed by atoms with E-state index in [-0.39, 0.29) is 6.04 Å². The summed E-state index contributed by atoms with van der Waals surface area (Å²) in [7, 11) is 1.66. The van der Waals surface area contributed by atoms with E-state index in [2.05, 4.69) is 15.6 Å². The number of carboxylic acid groups (broad SMARTS) is 3. The zero-order valence-electron chi connectivity index (χ0n) is 18.8. The summed E-state index contributed by atoms with van der Waals surface area (Å²) in [6, 6.07) is 6.33. The number of H-pyrrole nitrogens is 1. The van der Waals surface area contributed by atoms with E-state index in [1.54, 1.807) is 7.05 Å². The monoisotopic (exact) mass is 465 g/mol. The maximum Gasteiger partial charge on any atom is 0.321 e. The summed E-state index contributed by atoms with van der Waals surface area (Å²) in [4.78, 5) is 34.2. The number of rotatable bonds is 9. The number of hydrogen-bond donors (Lipinski definition) is 8. The highest BCUT2D eigenvalue weighted by atomic mass is 16.4. The van der Waals surface area contributed by atoms with Gasteiger partial charge in [0, 0.05) is 23.5 Å². The van der Waals surface area contributed by atoms with Gasteiger partial charge >= 0.3 is 17.9 Å². The summed E-state index contributed by atoms with van der Waals surface area (Å²) in [5, 5.41) is 32.3. The fourth-order valence-corrected chi connectivity index (χ4v) is 3.19. The zero-order chi connectivity index (χ0) is 24.8. The van der Waals surface area contributed by atoms with Crippen molar-refractivity contribution in [2.75, 3.05) is 20.1 Å². The van der Waals surface area contributed by atoms with E-state index >= 15 is 0 Å². The Bertz CT molecular complexity index is 881. The van der Waals surface area contributed by atoms with Gasteiger partial charge in [-0.25, -0.2) is 0 Å². The number of aliphatic carboxylic acids is 3. The van der Waals surface area contributed by atoms with Gasteiger partial charge in [-0.15, -0.1) is 0 Å². The summed E-state index contributed by atoms with van der Waals surface area (Å²) in [5.41, 5.74) is 12.3. The second kappa shape index (κ2) is 15.0. The normalized spacial score (nSPS) is 16.6. The molecule has 3 atom stereocenters. The van der Waals surface area contributed by atoms with Crippen molar-refractivity contribution in [3.8, 4) is 0 Å². The number of para-hydroxylation sites is 1. The molecule has 0 unspecified atom stereocenters. The topological polar surface area (TPSA) is 204 Å². The third kappa shape index (κ3) is 10.00. The van der Waals surface area contributed by atoms with Crippen molar-refractivity contribution in [2.24, 2.45) is 11.5 Å². The van der Waals surface area contributed by atoms with Crippen molar-refractivity contribution in [1.29, 1.82) is 0 Å². The number of benzene rings is 1. The Morgan fingerprint density at radius 1 is 1.18 bits per heavy atom. The minimum atomic E-state index is -0.955. The van der Waals surface area contributed by atoms with E-state index < -0.39 is 30.0 Å². The lowest BCUT2D eigenvalue weighted by molar-refractivity contribution is -0.140. The van der Waals surface area contributed by atoms with Crippen molar-refractivity contribution >= 4 is 28.8 Å². The van der Waals surface area contributed by atoms with Crippen LogP contribution >= 0.6 is 0 Å². The summed E-state index contributed by atoms with van der Waals surface area (Å²) in [5.74, 6) is -2.50. The molecule has 2 aromatic rings. The summed E-state index contributed by atoms with van der Waals surface area (Å²) < 4.78 is 0. The molecule has 2 heterocycles. The van der Waals surface area contributed by atoms with E-state index in [4.69, 9.17) is 26.8 Å². The summed E-state index contributed by atoms with van der Waals surface area (Å²) in [6.45, 7) is 1.36. The fraction of sp³-hybridized carbons (Fsp3) is 0.500. The van der Waals surface area contributed by atoms with Crippen molar-refractivity contribution in [2.45, 2.75) is 50.2 Å². The Kier molecular flexibility index (Phi) is 12.7. The van der Waals surface area contributed by atoms with Gasteiger partial charge in [-0.2, -0.15) is 0 Å².